The minimum atomic E-state index is -0.810. The summed E-state index contributed by atoms with van der Waals surface area (Å²) in [4.78, 5) is 38.3. The van der Waals surface area contributed by atoms with Crippen molar-refractivity contribution in [3.05, 3.63) is 134 Å². The molecule has 0 aliphatic carbocycles. The van der Waals surface area contributed by atoms with Gasteiger partial charge in [0.2, 0.25) is 0 Å². The summed E-state index contributed by atoms with van der Waals surface area (Å²) in [6.45, 7) is 6.36. The number of carbonyl (C=O) groups excluding carboxylic acids is 3. The zero-order chi connectivity index (χ0) is 57.1. The van der Waals surface area contributed by atoms with E-state index < -0.39 is 6.10 Å². The van der Waals surface area contributed by atoms with E-state index in [0.29, 0.717) is 19.3 Å². The van der Waals surface area contributed by atoms with Crippen LogP contribution in [0, 0.1) is 0 Å². The van der Waals surface area contributed by atoms with Crippen molar-refractivity contribution in [1.82, 2.24) is 0 Å². The summed E-state index contributed by atoms with van der Waals surface area (Å²) in [5.41, 5.74) is 0. The van der Waals surface area contributed by atoms with E-state index in [2.05, 4.69) is 154 Å². The number of unbranched alkanes of at least 4 members (excludes halogenated alkanes) is 25. The molecule has 448 valence electrons. The van der Waals surface area contributed by atoms with Crippen LogP contribution in [0.5, 0.6) is 0 Å². The lowest BCUT2D eigenvalue weighted by Crippen LogP contribution is -2.30. The van der Waals surface area contributed by atoms with Crippen LogP contribution in [-0.2, 0) is 28.6 Å². The van der Waals surface area contributed by atoms with E-state index in [0.717, 1.165) is 135 Å². The van der Waals surface area contributed by atoms with Gasteiger partial charge in [-0.2, -0.15) is 0 Å². The van der Waals surface area contributed by atoms with Gasteiger partial charge in [-0.15, -0.1) is 0 Å². The molecule has 1 unspecified atom stereocenters. The summed E-state index contributed by atoms with van der Waals surface area (Å²) < 4.78 is 16.9. The number of carbonyl (C=O) groups is 3. The first kappa shape index (κ1) is 74.5. The van der Waals surface area contributed by atoms with Crippen molar-refractivity contribution in [2.75, 3.05) is 13.2 Å². The van der Waals surface area contributed by atoms with Crippen LogP contribution in [0.15, 0.2) is 134 Å². The molecule has 0 bridgehead atoms. The molecule has 0 saturated heterocycles. The number of hydrogen-bond donors (Lipinski definition) is 0. The molecule has 0 fully saturated rings. The second-order valence-electron chi connectivity index (χ2n) is 21.3. The highest BCUT2D eigenvalue weighted by atomic mass is 16.6. The maximum absolute atomic E-state index is 12.9. The third-order valence-electron chi connectivity index (χ3n) is 13.6. The highest BCUT2D eigenvalue weighted by Gasteiger charge is 2.19. The summed E-state index contributed by atoms with van der Waals surface area (Å²) in [7, 11) is 0. The molecule has 6 nitrogen and oxygen atoms in total. The van der Waals surface area contributed by atoms with Crippen molar-refractivity contribution < 1.29 is 28.6 Å². The molecule has 0 aromatic carbocycles. The molecule has 0 heterocycles. The maximum Gasteiger partial charge on any atom is 0.306 e. The molecule has 0 spiro atoms. The Morgan fingerprint density at radius 1 is 0.266 bits per heavy atom. The van der Waals surface area contributed by atoms with Crippen LogP contribution in [0.2, 0.25) is 0 Å². The molecule has 0 amide bonds. The molecule has 0 N–H and O–H groups in total. The zero-order valence-electron chi connectivity index (χ0n) is 51.3. The molecule has 0 radical (unpaired) electrons. The Balaban J connectivity index is 4.39. The summed E-state index contributed by atoms with van der Waals surface area (Å²) in [6.07, 6.45) is 93.2. The van der Waals surface area contributed by atoms with Crippen LogP contribution in [0.4, 0.5) is 0 Å². The fourth-order valence-electron chi connectivity index (χ4n) is 8.79. The SMILES string of the molecule is CC/C=C\C/C=C\C/C=C\C/C=C\CCCCCCCCC(=O)OC(COC(=O)CCCC/C=C\C/C=C\C/C=C\C/C=C\CC)COC(=O)CCCCCCCCCCCCCC/C=C\C/C=C\C/C=C\CCCCCCC. The van der Waals surface area contributed by atoms with Gasteiger partial charge < -0.3 is 14.2 Å². The third kappa shape index (κ3) is 64.3. The van der Waals surface area contributed by atoms with E-state index in [1.165, 1.54) is 116 Å². The predicted octanol–water partition coefficient (Wildman–Crippen LogP) is 22.5. The third-order valence-corrected chi connectivity index (χ3v) is 13.6. The summed E-state index contributed by atoms with van der Waals surface area (Å²) in [6, 6.07) is 0. The second-order valence-corrected chi connectivity index (χ2v) is 21.3. The van der Waals surface area contributed by atoms with Gasteiger partial charge >= 0.3 is 17.9 Å². The molecule has 79 heavy (non-hydrogen) atoms. The van der Waals surface area contributed by atoms with Crippen LogP contribution < -0.4 is 0 Å². The number of ether oxygens (including phenoxy) is 3. The summed E-state index contributed by atoms with van der Waals surface area (Å²) >= 11 is 0. The average molecular weight is 1090 g/mol. The standard InChI is InChI=1S/C73H120O6/c1-4-7-10-13-16-19-22-25-28-30-32-33-34-35-36-37-38-39-41-42-45-48-51-54-57-60-63-66-72(75)78-69-70(68-77-71(74)65-62-59-56-53-50-47-44-27-24-21-18-15-12-9-6-3)79-73(76)67-64-61-58-55-52-49-46-43-40-31-29-26-23-20-17-14-11-8-5-2/h8-9,11-12,17-18,20-22,25-27,29-30,32,34-35,40,43-44,50,53,70H,4-7,10,13-16,19,23-24,28,31,33,36-39,41-42,45-49,51-52,54-69H2,1-3H3/b11-8-,12-9-,20-17-,21-18-,25-22-,29-26-,32-30-,35-34-,43-40-,44-27-,53-50-. The van der Waals surface area contributed by atoms with E-state index >= 15 is 0 Å². The normalized spacial score (nSPS) is 13.0. The van der Waals surface area contributed by atoms with E-state index in [1.807, 2.05) is 0 Å². The minimum Gasteiger partial charge on any atom is -0.462 e. The number of rotatable bonds is 58. The topological polar surface area (TPSA) is 78.9 Å². The van der Waals surface area contributed by atoms with Crippen LogP contribution in [0.1, 0.15) is 290 Å². The smallest absolute Gasteiger partial charge is 0.306 e. The van der Waals surface area contributed by atoms with Crippen molar-refractivity contribution in [2.24, 2.45) is 0 Å². The highest BCUT2D eigenvalue weighted by Crippen LogP contribution is 2.15. The lowest BCUT2D eigenvalue weighted by atomic mass is 10.0. The first-order valence-corrected chi connectivity index (χ1v) is 32.7. The minimum absolute atomic E-state index is 0.102. The van der Waals surface area contributed by atoms with Crippen molar-refractivity contribution in [3.8, 4) is 0 Å². The van der Waals surface area contributed by atoms with E-state index in [9.17, 15) is 14.4 Å². The van der Waals surface area contributed by atoms with Gasteiger partial charge in [0.15, 0.2) is 6.10 Å². The van der Waals surface area contributed by atoms with Gasteiger partial charge in [0.25, 0.3) is 0 Å². The van der Waals surface area contributed by atoms with Gasteiger partial charge in [-0.25, -0.2) is 0 Å². The fourth-order valence-corrected chi connectivity index (χ4v) is 8.79. The Bertz CT molecular complexity index is 1680. The number of allylic oxidation sites excluding steroid dienone is 22. The van der Waals surface area contributed by atoms with Gasteiger partial charge in [-0.05, 0) is 135 Å². The summed E-state index contributed by atoms with van der Waals surface area (Å²) in [5.74, 6) is -0.958. The van der Waals surface area contributed by atoms with Gasteiger partial charge in [0.1, 0.15) is 13.2 Å². The molecular formula is C73H120O6. The Hall–Kier alpha value is -4.45. The first-order valence-electron chi connectivity index (χ1n) is 32.7. The Morgan fingerprint density at radius 3 is 0.797 bits per heavy atom. The van der Waals surface area contributed by atoms with Crippen molar-refractivity contribution in [2.45, 2.75) is 297 Å². The first-order chi connectivity index (χ1) is 39.0. The van der Waals surface area contributed by atoms with Gasteiger partial charge in [-0.3, -0.25) is 14.4 Å². The fraction of sp³-hybridized carbons (Fsp3) is 0.658. The van der Waals surface area contributed by atoms with Crippen LogP contribution in [0.25, 0.3) is 0 Å². The molecule has 0 aromatic rings. The molecule has 0 aliphatic rings. The Morgan fingerprint density at radius 2 is 0.494 bits per heavy atom. The van der Waals surface area contributed by atoms with Crippen LogP contribution >= 0.6 is 0 Å². The molecule has 0 rings (SSSR count). The Labute approximate surface area is 487 Å². The second kappa shape index (κ2) is 66.1. The Kier molecular flexibility index (Phi) is 62.3. The maximum atomic E-state index is 12.9. The van der Waals surface area contributed by atoms with Crippen LogP contribution in [0.3, 0.4) is 0 Å². The van der Waals surface area contributed by atoms with Crippen molar-refractivity contribution in [3.63, 3.8) is 0 Å². The lowest BCUT2D eigenvalue weighted by Gasteiger charge is -2.18. The monoisotopic (exact) mass is 1090 g/mol. The average Bonchev–Trinajstić information content (AvgIpc) is 3.45. The quantitative estimate of drug-likeness (QED) is 0.0261. The molecule has 0 aromatic heterocycles. The van der Waals surface area contributed by atoms with E-state index in [-0.39, 0.29) is 31.1 Å². The van der Waals surface area contributed by atoms with E-state index in [1.54, 1.807) is 0 Å². The van der Waals surface area contributed by atoms with Gasteiger partial charge in [-0.1, -0.05) is 270 Å². The largest absolute Gasteiger partial charge is 0.462 e. The molecule has 6 heteroatoms. The summed E-state index contributed by atoms with van der Waals surface area (Å²) in [5, 5.41) is 0. The number of esters is 3. The molecule has 0 aliphatic heterocycles. The van der Waals surface area contributed by atoms with Crippen molar-refractivity contribution in [1.29, 1.82) is 0 Å². The van der Waals surface area contributed by atoms with Crippen LogP contribution in [-0.4, -0.2) is 37.2 Å². The van der Waals surface area contributed by atoms with Gasteiger partial charge in [0.05, 0.1) is 0 Å². The molecule has 0 saturated carbocycles. The zero-order valence-corrected chi connectivity index (χ0v) is 51.3. The highest BCUT2D eigenvalue weighted by molar-refractivity contribution is 5.71. The molecular weight excluding hydrogens is 973 g/mol. The van der Waals surface area contributed by atoms with Crippen molar-refractivity contribution >= 4 is 17.9 Å². The van der Waals surface area contributed by atoms with Gasteiger partial charge in [0, 0.05) is 19.3 Å². The predicted molar refractivity (Wildman–Crippen MR) is 343 cm³/mol. The van der Waals surface area contributed by atoms with E-state index in [4.69, 9.17) is 14.2 Å². The lowest BCUT2D eigenvalue weighted by molar-refractivity contribution is -0.167. The molecule has 1 atom stereocenters. The number of hydrogen-bond acceptors (Lipinski definition) is 6.